The molecule has 0 atom stereocenters. The second-order valence-electron chi connectivity index (χ2n) is 3.69. The highest BCUT2D eigenvalue weighted by Crippen LogP contribution is 2.24. The predicted molar refractivity (Wildman–Crippen MR) is 69.0 cm³/mol. The molecule has 0 saturated heterocycles. The fourth-order valence-corrected chi connectivity index (χ4v) is 1.85. The highest BCUT2D eigenvalue weighted by molar-refractivity contribution is 9.10. The van der Waals surface area contributed by atoms with Gasteiger partial charge in [0.05, 0.1) is 11.3 Å². The van der Waals surface area contributed by atoms with Crippen molar-refractivity contribution in [3.05, 3.63) is 28.2 Å². The predicted octanol–water partition coefficient (Wildman–Crippen LogP) is 2.62. The molecule has 0 aliphatic rings. The van der Waals surface area contributed by atoms with Gasteiger partial charge in [0.15, 0.2) is 0 Å². The number of anilines is 1. The first-order valence-corrected chi connectivity index (χ1v) is 5.96. The first-order chi connectivity index (χ1) is 8.04. The number of aliphatic carboxylic acids is 1. The van der Waals surface area contributed by atoms with Gasteiger partial charge in [-0.05, 0) is 24.6 Å². The van der Waals surface area contributed by atoms with Crippen LogP contribution in [0.2, 0.25) is 0 Å². The first-order valence-electron chi connectivity index (χ1n) is 5.17. The Morgan fingerprint density at radius 2 is 2.29 bits per heavy atom. The van der Waals surface area contributed by atoms with E-state index in [1.807, 2.05) is 24.1 Å². The number of nitriles is 1. The number of hydrogen-bond donors (Lipinski definition) is 1. The minimum atomic E-state index is -0.798. The highest BCUT2D eigenvalue weighted by Gasteiger charge is 2.08. The second-order valence-corrected chi connectivity index (χ2v) is 4.61. The maximum Gasteiger partial charge on any atom is 0.303 e. The van der Waals surface area contributed by atoms with Crippen LogP contribution < -0.4 is 4.90 Å². The van der Waals surface area contributed by atoms with Gasteiger partial charge in [-0.15, -0.1) is 0 Å². The molecule has 0 amide bonds. The Morgan fingerprint density at radius 1 is 1.59 bits per heavy atom. The number of rotatable bonds is 5. The normalized spacial score (nSPS) is 9.71. The van der Waals surface area contributed by atoms with E-state index in [1.165, 1.54) is 0 Å². The Balaban J connectivity index is 2.74. The number of nitrogens with zero attached hydrogens (tertiary/aromatic N) is 2. The smallest absolute Gasteiger partial charge is 0.303 e. The van der Waals surface area contributed by atoms with Crippen LogP contribution in [0.4, 0.5) is 5.69 Å². The van der Waals surface area contributed by atoms with Crippen molar-refractivity contribution in [1.29, 1.82) is 5.26 Å². The van der Waals surface area contributed by atoms with Gasteiger partial charge in [0, 0.05) is 24.5 Å². The van der Waals surface area contributed by atoms with Crippen LogP contribution in [0.1, 0.15) is 18.4 Å². The van der Waals surface area contributed by atoms with E-state index in [0.717, 1.165) is 10.2 Å². The van der Waals surface area contributed by atoms with Crippen LogP contribution >= 0.6 is 15.9 Å². The van der Waals surface area contributed by atoms with Gasteiger partial charge in [-0.25, -0.2) is 0 Å². The molecule has 1 N–H and O–H groups in total. The molecule has 0 radical (unpaired) electrons. The molecular formula is C12H13BrN2O2. The molecule has 17 heavy (non-hydrogen) atoms. The summed E-state index contributed by atoms with van der Waals surface area (Å²) < 4.78 is 0.900. The van der Waals surface area contributed by atoms with Crippen LogP contribution in [0.15, 0.2) is 22.7 Å². The van der Waals surface area contributed by atoms with Gasteiger partial charge >= 0.3 is 5.97 Å². The lowest BCUT2D eigenvalue weighted by molar-refractivity contribution is -0.137. The molecule has 0 saturated carbocycles. The molecule has 0 fully saturated rings. The van der Waals surface area contributed by atoms with E-state index in [0.29, 0.717) is 18.5 Å². The van der Waals surface area contributed by atoms with Gasteiger partial charge in [0.2, 0.25) is 0 Å². The summed E-state index contributed by atoms with van der Waals surface area (Å²) in [6.45, 7) is 0.609. The number of carboxylic acids is 1. The lowest BCUT2D eigenvalue weighted by Crippen LogP contribution is -2.20. The van der Waals surface area contributed by atoms with Crippen molar-refractivity contribution in [1.82, 2.24) is 0 Å². The Kier molecular flexibility index (Phi) is 4.98. The summed E-state index contributed by atoms with van der Waals surface area (Å²) in [5.74, 6) is -0.798. The Morgan fingerprint density at radius 3 is 2.88 bits per heavy atom. The molecule has 0 aliphatic heterocycles. The van der Waals surface area contributed by atoms with Crippen molar-refractivity contribution in [2.75, 3.05) is 18.5 Å². The molecule has 0 spiro atoms. The van der Waals surface area contributed by atoms with E-state index in [2.05, 4.69) is 22.0 Å². The monoisotopic (exact) mass is 296 g/mol. The summed E-state index contributed by atoms with van der Waals surface area (Å²) in [5.41, 5.74) is 1.40. The average molecular weight is 297 g/mol. The molecular weight excluding hydrogens is 284 g/mol. The molecule has 4 nitrogen and oxygen atoms in total. The van der Waals surface area contributed by atoms with Crippen molar-refractivity contribution in [2.24, 2.45) is 0 Å². The van der Waals surface area contributed by atoms with E-state index in [9.17, 15) is 4.79 Å². The number of carboxylic acid groups (broad SMARTS) is 1. The van der Waals surface area contributed by atoms with Gasteiger partial charge in [-0.3, -0.25) is 4.79 Å². The van der Waals surface area contributed by atoms with Crippen LogP contribution in [0, 0.1) is 11.3 Å². The molecule has 1 aromatic carbocycles. The molecule has 0 aromatic heterocycles. The van der Waals surface area contributed by atoms with Crippen molar-refractivity contribution in [3.63, 3.8) is 0 Å². The topological polar surface area (TPSA) is 64.3 Å². The summed E-state index contributed by atoms with van der Waals surface area (Å²) >= 11 is 3.36. The maximum absolute atomic E-state index is 10.4. The van der Waals surface area contributed by atoms with Gasteiger partial charge in [0.1, 0.15) is 6.07 Å². The van der Waals surface area contributed by atoms with Crippen LogP contribution in [-0.4, -0.2) is 24.7 Å². The number of carbonyl (C=O) groups is 1. The maximum atomic E-state index is 10.4. The third-order valence-electron chi connectivity index (χ3n) is 2.38. The molecule has 0 heterocycles. The third kappa shape index (κ3) is 4.08. The average Bonchev–Trinajstić information content (AvgIpc) is 2.28. The number of benzene rings is 1. The Labute approximate surface area is 109 Å². The van der Waals surface area contributed by atoms with Gasteiger partial charge in [0.25, 0.3) is 0 Å². The van der Waals surface area contributed by atoms with Gasteiger partial charge in [-0.1, -0.05) is 15.9 Å². The number of halogens is 1. The highest BCUT2D eigenvalue weighted by atomic mass is 79.9. The molecule has 5 heteroatoms. The SMILES string of the molecule is CN(CCCC(=O)O)c1cc(Br)ccc1C#N. The van der Waals surface area contributed by atoms with Gasteiger partial charge in [-0.2, -0.15) is 5.26 Å². The Hall–Kier alpha value is -1.54. The largest absolute Gasteiger partial charge is 0.481 e. The summed E-state index contributed by atoms with van der Waals surface area (Å²) in [6.07, 6.45) is 0.698. The van der Waals surface area contributed by atoms with E-state index < -0.39 is 5.97 Å². The van der Waals surface area contributed by atoms with E-state index in [4.69, 9.17) is 10.4 Å². The third-order valence-corrected chi connectivity index (χ3v) is 2.87. The fourth-order valence-electron chi connectivity index (χ4n) is 1.50. The van der Waals surface area contributed by atoms with Crippen molar-refractivity contribution in [2.45, 2.75) is 12.8 Å². The molecule has 0 bridgehead atoms. The summed E-state index contributed by atoms with van der Waals surface area (Å²) in [7, 11) is 1.85. The lowest BCUT2D eigenvalue weighted by Gasteiger charge is -2.20. The zero-order valence-corrected chi connectivity index (χ0v) is 11.1. The van der Waals surface area contributed by atoms with Crippen LogP contribution in [0.3, 0.4) is 0 Å². The summed E-state index contributed by atoms with van der Waals surface area (Å²) in [6, 6.07) is 7.54. The van der Waals surface area contributed by atoms with Crippen LogP contribution in [0.5, 0.6) is 0 Å². The molecule has 1 aromatic rings. The zero-order valence-electron chi connectivity index (χ0n) is 9.48. The van der Waals surface area contributed by atoms with Crippen molar-refractivity contribution >= 4 is 27.6 Å². The quantitative estimate of drug-likeness (QED) is 0.907. The molecule has 0 aliphatic carbocycles. The second kappa shape index (κ2) is 6.26. The minimum absolute atomic E-state index is 0.139. The van der Waals surface area contributed by atoms with E-state index in [-0.39, 0.29) is 6.42 Å². The summed E-state index contributed by atoms with van der Waals surface area (Å²) in [4.78, 5) is 12.3. The summed E-state index contributed by atoms with van der Waals surface area (Å²) in [5, 5.41) is 17.5. The standard InChI is InChI=1S/C12H13BrN2O2/c1-15(6-2-3-12(16)17)11-7-10(13)5-4-9(11)8-14/h4-5,7H,2-3,6H2,1H3,(H,16,17). The van der Waals surface area contributed by atoms with E-state index in [1.54, 1.807) is 6.07 Å². The fraction of sp³-hybridized carbons (Fsp3) is 0.333. The van der Waals surface area contributed by atoms with E-state index >= 15 is 0 Å². The van der Waals surface area contributed by atoms with Crippen LogP contribution in [-0.2, 0) is 4.79 Å². The zero-order chi connectivity index (χ0) is 12.8. The Bertz CT molecular complexity index is 454. The number of hydrogen-bond acceptors (Lipinski definition) is 3. The molecule has 90 valence electrons. The minimum Gasteiger partial charge on any atom is -0.481 e. The van der Waals surface area contributed by atoms with Gasteiger partial charge < -0.3 is 10.0 Å². The van der Waals surface area contributed by atoms with Crippen molar-refractivity contribution < 1.29 is 9.90 Å². The molecule has 1 rings (SSSR count). The lowest BCUT2D eigenvalue weighted by atomic mass is 10.1. The first kappa shape index (κ1) is 13.5. The van der Waals surface area contributed by atoms with Crippen molar-refractivity contribution in [3.8, 4) is 6.07 Å². The molecule has 0 unspecified atom stereocenters. The van der Waals surface area contributed by atoms with Crippen LogP contribution in [0.25, 0.3) is 0 Å².